The highest BCUT2D eigenvalue weighted by atomic mass is 19.3. The summed E-state index contributed by atoms with van der Waals surface area (Å²) in [6.07, 6.45) is -1.23. The second kappa shape index (κ2) is 4.50. The number of rotatable bonds is 4. The standard InChI is InChI=1S/C8H9F2N3O/c9-6(10)4-14-7-2-1-5(3-13-7)8(11)12/h1-3,6H,4H2,(H3,11,12). The van der Waals surface area contributed by atoms with Gasteiger partial charge in [0.1, 0.15) is 5.84 Å². The van der Waals surface area contributed by atoms with Crippen LogP contribution < -0.4 is 10.5 Å². The molecule has 4 nitrogen and oxygen atoms in total. The zero-order valence-electron chi connectivity index (χ0n) is 7.21. The molecule has 14 heavy (non-hydrogen) atoms. The highest BCUT2D eigenvalue weighted by molar-refractivity contribution is 5.94. The molecule has 0 amide bonds. The molecular formula is C8H9F2N3O. The minimum absolute atomic E-state index is 0.0929. The molecule has 3 N–H and O–H groups in total. The second-order valence-corrected chi connectivity index (χ2v) is 2.50. The Morgan fingerprint density at radius 3 is 2.71 bits per heavy atom. The van der Waals surface area contributed by atoms with E-state index in [2.05, 4.69) is 9.72 Å². The first-order valence-corrected chi connectivity index (χ1v) is 3.81. The number of nitrogen functional groups attached to an aromatic ring is 1. The van der Waals surface area contributed by atoms with E-state index in [1.54, 1.807) is 0 Å². The lowest BCUT2D eigenvalue weighted by molar-refractivity contribution is 0.0796. The summed E-state index contributed by atoms with van der Waals surface area (Å²) >= 11 is 0. The first kappa shape index (κ1) is 10.4. The third kappa shape index (κ3) is 2.96. The summed E-state index contributed by atoms with van der Waals surface area (Å²) in [5, 5.41) is 7.05. The first-order chi connectivity index (χ1) is 6.59. The highest BCUT2D eigenvalue weighted by Gasteiger charge is 2.04. The lowest BCUT2D eigenvalue weighted by atomic mass is 10.3. The largest absolute Gasteiger partial charge is 0.472 e. The molecule has 0 bridgehead atoms. The Kier molecular flexibility index (Phi) is 3.33. The van der Waals surface area contributed by atoms with Gasteiger partial charge < -0.3 is 10.5 Å². The fourth-order valence-corrected chi connectivity index (χ4v) is 0.773. The van der Waals surface area contributed by atoms with Gasteiger partial charge in [-0.05, 0) is 6.07 Å². The number of halogens is 2. The van der Waals surface area contributed by atoms with Gasteiger partial charge >= 0.3 is 0 Å². The fourth-order valence-electron chi connectivity index (χ4n) is 0.773. The summed E-state index contributed by atoms with van der Waals surface area (Å²) in [4.78, 5) is 3.70. The van der Waals surface area contributed by atoms with Gasteiger partial charge in [0.05, 0.1) is 0 Å². The zero-order chi connectivity index (χ0) is 10.6. The number of ether oxygens (including phenoxy) is 1. The van der Waals surface area contributed by atoms with Gasteiger partial charge in [-0.1, -0.05) is 0 Å². The Hall–Kier alpha value is -1.72. The summed E-state index contributed by atoms with van der Waals surface area (Å²) in [7, 11) is 0. The van der Waals surface area contributed by atoms with Crippen molar-refractivity contribution >= 4 is 5.84 Å². The number of nitrogens with zero attached hydrogens (tertiary/aromatic N) is 1. The number of aromatic nitrogens is 1. The molecule has 0 saturated heterocycles. The number of amidine groups is 1. The van der Waals surface area contributed by atoms with E-state index in [-0.39, 0.29) is 11.7 Å². The number of nitrogens with one attached hydrogen (secondary N) is 1. The third-order valence-corrected chi connectivity index (χ3v) is 1.40. The molecule has 1 rings (SSSR count). The van der Waals surface area contributed by atoms with Crippen LogP contribution in [0.1, 0.15) is 5.56 Å². The first-order valence-electron chi connectivity index (χ1n) is 3.81. The molecular weight excluding hydrogens is 192 g/mol. The molecule has 6 heteroatoms. The van der Waals surface area contributed by atoms with Crippen LogP contribution in [-0.2, 0) is 0 Å². The SMILES string of the molecule is N=C(N)c1ccc(OCC(F)F)nc1. The van der Waals surface area contributed by atoms with Crippen LogP contribution in [0.2, 0.25) is 0 Å². The van der Waals surface area contributed by atoms with Crippen LogP contribution in [0.5, 0.6) is 5.88 Å². The zero-order valence-corrected chi connectivity index (χ0v) is 7.21. The topological polar surface area (TPSA) is 72.0 Å². The number of pyridine rings is 1. The Morgan fingerprint density at radius 1 is 1.57 bits per heavy atom. The molecule has 0 fully saturated rings. The minimum Gasteiger partial charge on any atom is -0.472 e. The summed E-state index contributed by atoms with van der Waals surface area (Å²) in [5.74, 6) is -0.0341. The van der Waals surface area contributed by atoms with E-state index in [0.29, 0.717) is 5.56 Å². The van der Waals surface area contributed by atoms with Crippen LogP contribution in [0.4, 0.5) is 8.78 Å². The van der Waals surface area contributed by atoms with Gasteiger partial charge in [0.15, 0.2) is 6.61 Å². The molecule has 0 radical (unpaired) electrons. The van der Waals surface area contributed by atoms with Gasteiger partial charge in [-0.25, -0.2) is 13.8 Å². The van der Waals surface area contributed by atoms with Crippen molar-refractivity contribution in [1.29, 1.82) is 5.41 Å². The van der Waals surface area contributed by atoms with Gasteiger partial charge in [-0.2, -0.15) is 0 Å². The molecule has 0 aliphatic rings. The molecule has 76 valence electrons. The normalized spacial score (nSPS) is 10.2. The summed E-state index contributed by atoms with van der Waals surface area (Å²) in [6, 6.07) is 2.87. The van der Waals surface area contributed by atoms with Gasteiger partial charge in [-0.3, -0.25) is 5.41 Å². The van der Waals surface area contributed by atoms with E-state index in [1.807, 2.05) is 0 Å². The molecule has 0 aromatic carbocycles. The number of nitrogens with two attached hydrogens (primary N) is 1. The Labute approximate surface area is 79.2 Å². The van der Waals surface area contributed by atoms with Crippen molar-refractivity contribution in [2.45, 2.75) is 6.43 Å². The maximum Gasteiger partial charge on any atom is 0.272 e. The Balaban J connectivity index is 2.60. The molecule has 0 aliphatic carbocycles. The van der Waals surface area contributed by atoms with E-state index in [0.717, 1.165) is 0 Å². The lowest BCUT2D eigenvalue weighted by Crippen LogP contribution is -2.12. The van der Waals surface area contributed by atoms with E-state index < -0.39 is 13.0 Å². The Morgan fingerprint density at radius 2 is 2.29 bits per heavy atom. The molecule has 0 spiro atoms. The molecule has 0 aliphatic heterocycles. The van der Waals surface area contributed by atoms with Gasteiger partial charge in [0.25, 0.3) is 6.43 Å². The second-order valence-electron chi connectivity index (χ2n) is 2.50. The molecule has 0 saturated carbocycles. The van der Waals surface area contributed by atoms with E-state index >= 15 is 0 Å². The van der Waals surface area contributed by atoms with Crippen molar-refractivity contribution in [3.05, 3.63) is 23.9 Å². The van der Waals surface area contributed by atoms with Crippen molar-refractivity contribution in [2.24, 2.45) is 5.73 Å². The average Bonchev–Trinajstić information content (AvgIpc) is 2.15. The summed E-state index contributed by atoms with van der Waals surface area (Å²) in [5.41, 5.74) is 5.59. The van der Waals surface area contributed by atoms with Crippen molar-refractivity contribution in [1.82, 2.24) is 4.98 Å². The van der Waals surface area contributed by atoms with Crippen molar-refractivity contribution in [2.75, 3.05) is 6.61 Å². The number of alkyl halides is 2. The summed E-state index contributed by atoms with van der Waals surface area (Å²) in [6.45, 7) is -0.688. The molecule has 0 unspecified atom stereocenters. The third-order valence-electron chi connectivity index (χ3n) is 1.40. The van der Waals surface area contributed by atoms with E-state index in [1.165, 1.54) is 18.3 Å². The Bertz CT molecular complexity index is 313. The van der Waals surface area contributed by atoms with Crippen molar-refractivity contribution in [3.63, 3.8) is 0 Å². The predicted molar refractivity (Wildman–Crippen MR) is 46.8 cm³/mol. The lowest BCUT2D eigenvalue weighted by Gasteiger charge is -2.04. The van der Waals surface area contributed by atoms with Crippen LogP contribution in [0.3, 0.4) is 0 Å². The molecule has 1 heterocycles. The van der Waals surface area contributed by atoms with Crippen molar-refractivity contribution < 1.29 is 13.5 Å². The quantitative estimate of drug-likeness (QED) is 0.564. The average molecular weight is 201 g/mol. The molecule has 0 atom stereocenters. The maximum absolute atomic E-state index is 11.7. The van der Waals surface area contributed by atoms with Gasteiger partial charge in [0, 0.05) is 17.8 Å². The van der Waals surface area contributed by atoms with Crippen LogP contribution >= 0.6 is 0 Å². The smallest absolute Gasteiger partial charge is 0.272 e. The van der Waals surface area contributed by atoms with Crippen LogP contribution in [-0.4, -0.2) is 23.9 Å². The number of hydrogen-bond donors (Lipinski definition) is 2. The summed E-state index contributed by atoms with van der Waals surface area (Å²) < 4.78 is 28.1. The monoisotopic (exact) mass is 201 g/mol. The van der Waals surface area contributed by atoms with Crippen LogP contribution in [0.15, 0.2) is 18.3 Å². The van der Waals surface area contributed by atoms with Gasteiger partial charge in [0.2, 0.25) is 5.88 Å². The predicted octanol–water partition coefficient (Wildman–Crippen LogP) is 1.01. The van der Waals surface area contributed by atoms with E-state index in [9.17, 15) is 8.78 Å². The maximum atomic E-state index is 11.7. The molecule has 1 aromatic heterocycles. The van der Waals surface area contributed by atoms with Crippen LogP contribution in [0, 0.1) is 5.41 Å². The van der Waals surface area contributed by atoms with Crippen LogP contribution in [0.25, 0.3) is 0 Å². The highest BCUT2D eigenvalue weighted by Crippen LogP contribution is 2.08. The van der Waals surface area contributed by atoms with E-state index in [4.69, 9.17) is 11.1 Å². The molecule has 1 aromatic rings. The van der Waals surface area contributed by atoms with Crippen molar-refractivity contribution in [3.8, 4) is 5.88 Å². The van der Waals surface area contributed by atoms with Gasteiger partial charge in [-0.15, -0.1) is 0 Å². The number of hydrogen-bond acceptors (Lipinski definition) is 3. The minimum atomic E-state index is -2.52. The fraction of sp³-hybridized carbons (Fsp3) is 0.250.